The van der Waals surface area contributed by atoms with Crippen molar-refractivity contribution in [2.24, 2.45) is 5.92 Å². The van der Waals surface area contributed by atoms with E-state index in [9.17, 15) is 13.2 Å². The van der Waals surface area contributed by atoms with Crippen LogP contribution in [0.5, 0.6) is 0 Å². The van der Waals surface area contributed by atoms with Gasteiger partial charge in [-0.3, -0.25) is 0 Å². The molecule has 0 saturated carbocycles. The Morgan fingerprint density at radius 1 is 1.24 bits per heavy atom. The fraction of sp³-hybridized carbons (Fsp3) is 0.636. The van der Waals surface area contributed by atoms with E-state index in [1.807, 2.05) is 6.07 Å². The third kappa shape index (κ3) is 6.22. The van der Waals surface area contributed by atoms with Crippen LogP contribution in [0.2, 0.25) is 18.1 Å². The predicted octanol–water partition coefficient (Wildman–Crippen LogP) is 3.30. The molecule has 2 atom stereocenters. The van der Waals surface area contributed by atoms with E-state index in [1.165, 1.54) is 4.68 Å². The highest BCUT2D eigenvalue weighted by Crippen LogP contribution is 2.38. The molecule has 1 aliphatic rings. The van der Waals surface area contributed by atoms with E-state index in [0.717, 1.165) is 6.42 Å². The second-order valence-electron chi connectivity index (χ2n) is 10.4. The number of rotatable bonds is 8. The minimum absolute atomic E-state index is 0.00286. The highest BCUT2D eigenvalue weighted by atomic mass is 32.2. The smallest absolute Gasteiger partial charge is 0.409 e. The maximum atomic E-state index is 12.9. The molecule has 0 N–H and O–H groups in total. The lowest BCUT2D eigenvalue weighted by molar-refractivity contribution is 0.0942. The summed E-state index contributed by atoms with van der Waals surface area (Å²) >= 11 is 0. The molecule has 0 aliphatic carbocycles. The monoisotopic (exact) mass is 509 g/mol. The van der Waals surface area contributed by atoms with E-state index >= 15 is 0 Å². The second-order valence-corrected chi connectivity index (χ2v) is 17.1. The van der Waals surface area contributed by atoms with Crippen LogP contribution in [0.15, 0.2) is 35.5 Å². The molecule has 1 aromatic heterocycles. The van der Waals surface area contributed by atoms with Gasteiger partial charge in [-0.2, -0.15) is 4.68 Å². The molecule has 1 aliphatic heterocycles. The zero-order chi connectivity index (χ0) is 25.1. The number of ether oxygens (including phenoxy) is 1. The van der Waals surface area contributed by atoms with Crippen LogP contribution in [0.4, 0.5) is 4.79 Å². The molecule has 0 radical (unpaired) electrons. The van der Waals surface area contributed by atoms with Gasteiger partial charge >= 0.3 is 6.09 Å². The number of sulfone groups is 1. The lowest BCUT2D eigenvalue weighted by Gasteiger charge is -2.38. The number of benzene rings is 1. The molecule has 12 heteroatoms. The minimum atomic E-state index is -3.80. The van der Waals surface area contributed by atoms with Gasteiger partial charge in [0.05, 0.1) is 24.2 Å². The molecule has 188 valence electrons. The van der Waals surface area contributed by atoms with Gasteiger partial charge in [-0.1, -0.05) is 51.0 Å². The van der Waals surface area contributed by atoms with Crippen LogP contribution in [0.25, 0.3) is 5.69 Å². The molecule has 0 unspecified atom stereocenters. The maximum Gasteiger partial charge on any atom is 0.409 e. The van der Waals surface area contributed by atoms with Crippen molar-refractivity contribution >= 4 is 24.2 Å². The third-order valence-electron chi connectivity index (χ3n) is 6.39. The Labute approximate surface area is 202 Å². The SMILES string of the molecule is C[C@H](COC(=O)N1CC[C@H](O[Si](C)(C)C(C)(C)C)C1)CS(=O)(=O)c1nnnn1-c1ccccc1. The van der Waals surface area contributed by atoms with Crippen molar-refractivity contribution in [3.63, 3.8) is 0 Å². The Kier molecular flexibility index (Phi) is 7.83. The number of hydrogen-bond donors (Lipinski definition) is 0. The van der Waals surface area contributed by atoms with Crippen LogP contribution in [0.1, 0.15) is 34.1 Å². The van der Waals surface area contributed by atoms with E-state index in [2.05, 4.69) is 49.4 Å². The number of amides is 1. The zero-order valence-electron chi connectivity index (χ0n) is 20.8. The van der Waals surface area contributed by atoms with Gasteiger partial charge in [-0.05, 0) is 47.1 Å². The number of hydrogen-bond acceptors (Lipinski definition) is 8. The van der Waals surface area contributed by atoms with Gasteiger partial charge in [0.1, 0.15) is 0 Å². The van der Waals surface area contributed by atoms with Crippen molar-refractivity contribution in [2.75, 3.05) is 25.4 Å². The van der Waals surface area contributed by atoms with Gasteiger partial charge in [0.2, 0.25) is 9.84 Å². The van der Waals surface area contributed by atoms with E-state index in [1.54, 1.807) is 36.1 Å². The summed E-state index contributed by atoms with van der Waals surface area (Å²) < 4.78 is 38.9. The summed E-state index contributed by atoms with van der Waals surface area (Å²) in [6.45, 7) is 13.7. The van der Waals surface area contributed by atoms with E-state index in [4.69, 9.17) is 9.16 Å². The van der Waals surface area contributed by atoms with Gasteiger partial charge in [0, 0.05) is 19.0 Å². The molecule has 2 heterocycles. The first kappa shape index (κ1) is 26.3. The fourth-order valence-electron chi connectivity index (χ4n) is 3.49. The summed E-state index contributed by atoms with van der Waals surface area (Å²) in [5, 5.41) is 10.9. The molecule has 1 fully saturated rings. The van der Waals surface area contributed by atoms with Crippen molar-refractivity contribution in [1.82, 2.24) is 25.1 Å². The number of tetrazole rings is 1. The van der Waals surface area contributed by atoms with E-state index < -0.39 is 30.2 Å². The van der Waals surface area contributed by atoms with Crippen LogP contribution >= 0.6 is 0 Å². The number of likely N-dealkylation sites (tertiary alicyclic amines) is 1. The average Bonchev–Trinajstić information content (AvgIpc) is 3.41. The Bertz CT molecular complexity index is 1080. The molecular formula is C22H35N5O5SSi. The largest absolute Gasteiger partial charge is 0.449 e. The third-order valence-corrected chi connectivity index (χ3v) is 12.7. The molecular weight excluding hydrogens is 474 g/mol. The van der Waals surface area contributed by atoms with Crippen molar-refractivity contribution < 1.29 is 22.4 Å². The van der Waals surface area contributed by atoms with Crippen molar-refractivity contribution in [3.8, 4) is 5.69 Å². The molecule has 1 saturated heterocycles. The zero-order valence-corrected chi connectivity index (χ0v) is 22.6. The Morgan fingerprint density at radius 3 is 2.56 bits per heavy atom. The summed E-state index contributed by atoms with van der Waals surface area (Å²) in [6.07, 6.45) is 0.330. The molecule has 1 amide bonds. The molecule has 34 heavy (non-hydrogen) atoms. The van der Waals surface area contributed by atoms with Crippen LogP contribution in [0, 0.1) is 5.92 Å². The first-order valence-electron chi connectivity index (χ1n) is 11.5. The molecule has 3 rings (SSSR count). The first-order valence-corrected chi connectivity index (χ1v) is 16.0. The van der Waals surface area contributed by atoms with Crippen molar-refractivity contribution in [1.29, 1.82) is 0 Å². The highest BCUT2D eigenvalue weighted by molar-refractivity contribution is 7.91. The first-order chi connectivity index (χ1) is 15.8. The van der Waals surface area contributed by atoms with Gasteiger partial charge in [0.25, 0.3) is 5.16 Å². The molecule has 0 spiro atoms. The van der Waals surface area contributed by atoms with Crippen molar-refractivity contribution in [2.45, 2.75) is 63.5 Å². The molecule has 1 aromatic carbocycles. The quantitative estimate of drug-likeness (QED) is 0.498. The Hall–Kier alpha value is -2.31. The predicted molar refractivity (Wildman–Crippen MR) is 130 cm³/mol. The average molecular weight is 510 g/mol. The van der Waals surface area contributed by atoms with E-state index in [-0.39, 0.29) is 28.7 Å². The summed E-state index contributed by atoms with van der Waals surface area (Å²) in [5.41, 5.74) is 0.550. The lowest BCUT2D eigenvalue weighted by atomic mass is 10.2. The number of aromatic nitrogens is 4. The van der Waals surface area contributed by atoms with Crippen LogP contribution < -0.4 is 0 Å². The van der Waals surface area contributed by atoms with Gasteiger partial charge in [-0.15, -0.1) is 0 Å². The van der Waals surface area contributed by atoms with E-state index in [0.29, 0.717) is 18.8 Å². The minimum Gasteiger partial charge on any atom is -0.449 e. The summed E-state index contributed by atoms with van der Waals surface area (Å²) in [5.74, 6) is -0.679. The second kappa shape index (κ2) is 10.1. The molecule has 0 bridgehead atoms. The van der Waals surface area contributed by atoms with Crippen LogP contribution in [0.3, 0.4) is 0 Å². The molecule has 10 nitrogen and oxygen atoms in total. The molecule has 2 aromatic rings. The number of para-hydroxylation sites is 1. The number of carbonyl (C=O) groups is 1. The van der Waals surface area contributed by atoms with Crippen LogP contribution in [-0.4, -0.2) is 79.5 Å². The van der Waals surface area contributed by atoms with Gasteiger partial charge < -0.3 is 14.1 Å². The van der Waals surface area contributed by atoms with Gasteiger partial charge in [-0.25, -0.2) is 13.2 Å². The highest BCUT2D eigenvalue weighted by Gasteiger charge is 2.41. The standard InChI is InChI=1S/C22H35N5O5SSi/c1-17(16-33(29,30)20-23-24-25-27(20)18-10-8-7-9-11-18)15-31-21(28)26-13-12-19(14-26)32-34(5,6)22(2,3)4/h7-11,17,19H,12-16H2,1-6H3/t17-,19+/m1/s1. The maximum absolute atomic E-state index is 12.9. The topological polar surface area (TPSA) is 117 Å². The number of carbonyl (C=O) groups excluding carboxylic acids is 1. The van der Waals surface area contributed by atoms with Gasteiger partial charge in [0.15, 0.2) is 8.32 Å². The van der Waals surface area contributed by atoms with Crippen molar-refractivity contribution in [3.05, 3.63) is 30.3 Å². The van der Waals surface area contributed by atoms with Crippen LogP contribution in [-0.2, 0) is 19.0 Å². The Balaban J connectivity index is 1.52. The lowest BCUT2D eigenvalue weighted by Crippen LogP contribution is -2.44. The summed E-state index contributed by atoms with van der Waals surface area (Å²) in [6, 6.07) is 8.81. The summed E-state index contributed by atoms with van der Waals surface area (Å²) in [7, 11) is -5.72. The fourth-order valence-corrected chi connectivity index (χ4v) is 6.43. The number of nitrogens with zero attached hydrogens (tertiary/aromatic N) is 5. The Morgan fingerprint density at radius 2 is 1.91 bits per heavy atom. The summed E-state index contributed by atoms with van der Waals surface area (Å²) in [4.78, 5) is 14.2. The normalized spacial score (nSPS) is 18.2.